The second-order valence-corrected chi connectivity index (χ2v) is 6.58. The standard InChI is InChI=1S/C20H14N2O5/c23-19-8-14(13-6-5-11-3-1-2-4-12(11)20(13)21-19)15-7-17-18(27-10-26-17)9-16(15)22(24)25/h1-7,9,14H,8,10H2,(H,21,23). The number of nitro benzene ring substituents is 1. The number of ether oxygens (including phenoxy) is 2. The van der Waals surface area contributed by atoms with Gasteiger partial charge >= 0.3 is 0 Å². The molecule has 3 aromatic carbocycles. The number of hydrogen-bond donors (Lipinski definition) is 1. The topological polar surface area (TPSA) is 90.7 Å². The van der Waals surface area contributed by atoms with Crippen molar-refractivity contribution in [3.8, 4) is 11.5 Å². The summed E-state index contributed by atoms with van der Waals surface area (Å²) in [7, 11) is 0. The van der Waals surface area contributed by atoms with Gasteiger partial charge in [0.15, 0.2) is 11.5 Å². The molecule has 1 amide bonds. The van der Waals surface area contributed by atoms with Gasteiger partial charge in [-0.1, -0.05) is 36.4 Å². The van der Waals surface area contributed by atoms with E-state index in [9.17, 15) is 14.9 Å². The molecule has 0 fully saturated rings. The number of nitro groups is 1. The van der Waals surface area contributed by atoms with Crippen molar-refractivity contribution in [3.63, 3.8) is 0 Å². The Morgan fingerprint density at radius 2 is 1.81 bits per heavy atom. The van der Waals surface area contributed by atoms with Gasteiger partial charge in [0, 0.05) is 23.3 Å². The maximum atomic E-state index is 12.4. The van der Waals surface area contributed by atoms with Crippen molar-refractivity contribution in [2.75, 3.05) is 12.1 Å². The third-order valence-corrected chi connectivity index (χ3v) is 5.08. The van der Waals surface area contributed by atoms with Crippen molar-refractivity contribution in [1.82, 2.24) is 0 Å². The van der Waals surface area contributed by atoms with Crippen molar-refractivity contribution in [2.45, 2.75) is 12.3 Å². The Kier molecular flexibility index (Phi) is 3.30. The summed E-state index contributed by atoms with van der Waals surface area (Å²) in [6, 6.07) is 14.6. The van der Waals surface area contributed by atoms with E-state index in [4.69, 9.17) is 9.47 Å². The summed E-state index contributed by atoms with van der Waals surface area (Å²) in [6.45, 7) is 0.0301. The van der Waals surface area contributed by atoms with Crippen LogP contribution in [0.3, 0.4) is 0 Å². The van der Waals surface area contributed by atoms with Gasteiger partial charge < -0.3 is 14.8 Å². The molecule has 0 saturated carbocycles. The Morgan fingerprint density at radius 1 is 1.04 bits per heavy atom. The Labute approximate surface area is 153 Å². The molecule has 2 heterocycles. The molecule has 2 aliphatic heterocycles. The van der Waals surface area contributed by atoms with Crippen LogP contribution in [0.25, 0.3) is 10.8 Å². The smallest absolute Gasteiger partial charge is 0.277 e. The molecule has 0 radical (unpaired) electrons. The zero-order valence-electron chi connectivity index (χ0n) is 14.1. The van der Waals surface area contributed by atoms with Crippen molar-refractivity contribution >= 4 is 28.1 Å². The molecule has 0 spiro atoms. The molecule has 5 rings (SSSR count). The van der Waals surface area contributed by atoms with Crippen LogP contribution >= 0.6 is 0 Å². The van der Waals surface area contributed by atoms with Gasteiger partial charge in [0.05, 0.1) is 16.7 Å². The Morgan fingerprint density at radius 3 is 2.63 bits per heavy atom. The molecule has 0 saturated heterocycles. The van der Waals surface area contributed by atoms with Crippen molar-refractivity contribution in [3.05, 3.63) is 69.8 Å². The molecule has 7 heteroatoms. The van der Waals surface area contributed by atoms with Crippen LogP contribution in [0.1, 0.15) is 23.5 Å². The third-order valence-electron chi connectivity index (χ3n) is 5.08. The SMILES string of the molecule is O=C1CC(c2cc3c(cc2[N+](=O)[O-])OCO3)c2ccc3ccccc3c2N1. The molecule has 7 nitrogen and oxygen atoms in total. The molecule has 1 N–H and O–H groups in total. The largest absolute Gasteiger partial charge is 0.454 e. The zero-order valence-corrected chi connectivity index (χ0v) is 14.1. The quantitative estimate of drug-likeness (QED) is 0.551. The van der Waals surface area contributed by atoms with Crippen LogP contribution in [-0.4, -0.2) is 17.6 Å². The highest BCUT2D eigenvalue weighted by atomic mass is 16.7. The Balaban J connectivity index is 1.75. The lowest BCUT2D eigenvalue weighted by molar-refractivity contribution is -0.385. The molecular formula is C20H14N2O5. The van der Waals surface area contributed by atoms with Crippen molar-refractivity contribution in [1.29, 1.82) is 0 Å². The lowest BCUT2D eigenvalue weighted by Crippen LogP contribution is -2.24. The summed E-state index contributed by atoms with van der Waals surface area (Å²) in [5.74, 6) is 0.206. The van der Waals surface area contributed by atoms with Crippen LogP contribution in [-0.2, 0) is 4.79 Å². The molecule has 1 unspecified atom stereocenters. The number of carbonyl (C=O) groups excluding carboxylic acids is 1. The summed E-state index contributed by atoms with van der Waals surface area (Å²) in [5.41, 5.74) is 1.95. The van der Waals surface area contributed by atoms with Gasteiger partial charge in [-0.15, -0.1) is 0 Å². The maximum absolute atomic E-state index is 12.4. The molecule has 1 atom stereocenters. The molecule has 27 heavy (non-hydrogen) atoms. The average Bonchev–Trinajstić information content (AvgIpc) is 3.13. The Hall–Kier alpha value is -3.61. The number of hydrogen-bond acceptors (Lipinski definition) is 5. The monoisotopic (exact) mass is 362 g/mol. The predicted molar refractivity (Wildman–Crippen MR) is 98.3 cm³/mol. The normalized spacial score (nSPS) is 17.5. The van der Waals surface area contributed by atoms with Crippen LogP contribution in [0, 0.1) is 10.1 Å². The lowest BCUT2D eigenvalue weighted by Gasteiger charge is -2.27. The first kappa shape index (κ1) is 15.6. The van der Waals surface area contributed by atoms with Crippen molar-refractivity contribution < 1.29 is 19.2 Å². The van der Waals surface area contributed by atoms with E-state index >= 15 is 0 Å². The molecule has 3 aromatic rings. The first-order valence-corrected chi connectivity index (χ1v) is 8.51. The highest BCUT2D eigenvalue weighted by Crippen LogP contribution is 2.47. The van der Waals surface area contributed by atoms with E-state index in [1.807, 2.05) is 36.4 Å². The van der Waals surface area contributed by atoms with Gasteiger partial charge in [-0.25, -0.2) is 0 Å². The van der Waals surface area contributed by atoms with Gasteiger partial charge in [-0.05, 0) is 17.0 Å². The van der Waals surface area contributed by atoms with E-state index in [1.54, 1.807) is 6.07 Å². The molecule has 0 bridgehead atoms. The zero-order chi connectivity index (χ0) is 18.5. The lowest BCUT2D eigenvalue weighted by atomic mass is 9.82. The average molecular weight is 362 g/mol. The van der Waals surface area contributed by atoms with Crippen LogP contribution in [0.15, 0.2) is 48.5 Å². The number of fused-ring (bicyclic) bond motifs is 4. The minimum atomic E-state index is -0.440. The first-order valence-electron chi connectivity index (χ1n) is 8.51. The summed E-state index contributed by atoms with van der Waals surface area (Å²) in [4.78, 5) is 23.7. The van der Waals surface area contributed by atoms with Crippen LogP contribution < -0.4 is 14.8 Å². The van der Waals surface area contributed by atoms with Gasteiger partial charge in [-0.2, -0.15) is 0 Å². The summed E-state index contributed by atoms with van der Waals surface area (Å²) < 4.78 is 10.7. The molecule has 0 aliphatic carbocycles. The number of benzene rings is 3. The maximum Gasteiger partial charge on any atom is 0.277 e. The van der Waals surface area contributed by atoms with Crippen molar-refractivity contribution in [2.24, 2.45) is 0 Å². The number of carbonyl (C=O) groups is 1. The predicted octanol–water partition coefficient (Wildman–Crippen LogP) is 3.95. The minimum absolute atomic E-state index is 0.0301. The highest BCUT2D eigenvalue weighted by Gasteiger charge is 2.34. The second kappa shape index (κ2) is 5.70. The molecule has 0 aromatic heterocycles. The highest BCUT2D eigenvalue weighted by molar-refractivity contribution is 6.06. The van der Waals surface area contributed by atoms with Crippen LogP contribution in [0.5, 0.6) is 11.5 Å². The fourth-order valence-electron chi connectivity index (χ4n) is 3.87. The van der Waals surface area contributed by atoms with Gasteiger partial charge in [0.25, 0.3) is 5.69 Å². The fourth-order valence-corrected chi connectivity index (χ4v) is 3.87. The second-order valence-electron chi connectivity index (χ2n) is 6.58. The molecule has 2 aliphatic rings. The third kappa shape index (κ3) is 2.39. The van der Waals surface area contributed by atoms with E-state index in [0.717, 1.165) is 16.3 Å². The van der Waals surface area contributed by atoms with E-state index in [-0.39, 0.29) is 24.8 Å². The van der Waals surface area contributed by atoms with E-state index in [0.29, 0.717) is 22.7 Å². The van der Waals surface area contributed by atoms with E-state index in [1.165, 1.54) is 6.07 Å². The minimum Gasteiger partial charge on any atom is -0.454 e. The number of nitrogens with one attached hydrogen (secondary N) is 1. The van der Waals surface area contributed by atoms with E-state index in [2.05, 4.69) is 5.32 Å². The number of nitrogens with zero attached hydrogens (tertiary/aromatic N) is 1. The summed E-state index contributed by atoms with van der Waals surface area (Å²) >= 11 is 0. The van der Waals surface area contributed by atoms with Crippen LogP contribution in [0.2, 0.25) is 0 Å². The van der Waals surface area contributed by atoms with Gasteiger partial charge in [0.1, 0.15) is 0 Å². The number of anilines is 1. The summed E-state index contributed by atoms with van der Waals surface area (Å²) in [6.07, 6.45) is 0.131. The number of amides is 1. The van der Waals surface area contributed by atoms with E-state index < -0.39 is 10.8 Å². The van der Waals surface area contributed by atoms with Gasteiger partial charge in [-0.3, -0.25) is 14.9 Å². The molecular weight excluding hydrogens is 348 g/mol. The fraction of sp³-hybridized carbons (Fsp3) is 0.150. The Bertz CT molecular complexity index is 1120. The number of rotatable bonds is 2. The van der Waals surface area contributed by atoms with Gasteiger partial charge in [0.2, 0.25) is 12.7 Å². The first-order chi connectivity index (χ1) is 13.1. The van der Waals surface area contributed by atoms with Crippen LogP contribution in [0.4, 0.5) is 11.4 Å². The molecule has 134 valence electrons. The summed E-state index contributed by atoms with van der Waals surface area (Å²) in [5, 5.41) is 16.5.